The highest BCUT2D eigenvalue weighted by Gasteiger charge is 2.09. The van der Waals surface area contributed by atoms with E-state index in [9.17, 15) is 0 Å². The maximum absolute atomic E-state index is 7.29. The van der Waals surface area contributed by atoms with Gasteiger partial charge in [-0.3, -0.25) is 5.41 Å². The summed E-state index contributed by atoms with van der Waals surface area (Å²) in [6.07, 6.45) is 0. The predicted octanol–water partition coefficient (Wildman–Crippen LogP) is 3.49. The molecule has 0 bridgehead atoms. The summed E-state index contributed by atoms with van der Waals surface area (Å²) >= 11 is 5.56. The van der Waals surface area contributed by atoms with Crippen molar-refractivity contribution in [1.82, 2.24) is 5.32 Å². The van der Waals surface area contributed by atoms with Crippen LogP contribution in [-0.4, -0.2) is 18.2 Å². The fourth-order valence-electron chi connectivity index (χ4n) is 1.91. The average Bonchev–Trinajstić information content (AvgIpc) is 2.45. The molecule has 0 aliphatic carbocycles. The Morgan fingerprint density at radius 3 is 2.32 bits per heavy atom. The maximum atomic E-state index is 7.29. The van der Waals surface area contributed by atoms with Crippen molar-refractivity contribution in [2.24, 2.45) is 4.99 Å². The Labute approximate surface area is 117 Å². The van der Waals surface area contributed by atoms with Crippen LogP contribution in [0.3, 0.4) is 0 Å². The molecule has 0 saturated heterocycles. The van der Waals surface area contributed by atoms with Gasteiger partial charge in [0.25, 0.3) is 0 Å². The summed E-state index contributed by atoms with van der Waals surface area (Å²) < 4.78 is 0. The smallest absolute Gasteiger partial charge is 0.216 e. The first-order valence-corrected chi connectivity index (χ1v) is 6.25. The highest BCUT2D eigenvalue weighted by Crippen LogP contribution is 2.23. The van der Waals surface area contributed by atoms with Gasteiger partial charge in [0.05, 0.1) is 0 Å². The molecule has 3 nitrogen and oxygen atoms in total. The molecule has 4 heteroatoms. The van der Waals surface area contributed by atoms with Crippen molar-refractivity contribution >= 4 is 22.7 Å². The van der Waals surface area contributed by atoms with Crippen LogP contribution in [0.25, 0.3) is 11.1 Å². The van der Waals surface area contributed by atoms with E-state index in [0.29, 0.717) is 5.84 Å². The molecule has 0 spiro atoms. The van der Waals surface area contributed by atoms with Crippen LogP contribution in [0.15, 0.2) is 59.6 Å². The number of nitrogens with one attached hydrogen (secondary N) is 2. The van der Waals surface area contributed by atoms with Crippen LogP contribution in [0.1, 0.15) is 5.56 Å². The van der Waals surface area contributed by atoms with Crippen molar-refractivity contribution in [2.45, 2.75) is 0 Å². The molecule has 0 unspecified atom stereocenters. The summed E-state index contributed by atoms with van der Waals surface area (Å²) in [7, 11) is 1.76. The quantitative estimate of drug-likeness (QED) is 0.490. The first-order valence-electron chi connectivity index (χ1n) is 5.87. The Hall–Kier alpha value is -2.13. The molecule has 96 valence electrons. The number of aliphatic imine (C=N–C) groups is 1. The van der Waals surface area contributed by atoms with E-state index in [0.717, 1.165) is 16.7 Å². The summed E-state index contributed by atoms with van der Waals surface area (Å²) in [5, 5.41) is 10.0. The van der Waals surface area contributed by atoms with Crippen molar-refractivity contribution in [1.29, 1.82) is 5.41 Å². The average molecular weight is 272 g/mol. The van der Waals surface area contributed by atoms with Crippen LogP contribution >= 0.6 is 11.6 Å². The Morgan fingerprint density at radius 1 is 1.05 bits per heavy atom. The Morgan fingerprint density at radius 2 is 1.68 bits per heavy atom. The lowest BCUT2D eigenvalue weighted by Crippen LogP contribution is -2.21. The molecule has 2 rings (SSSR count). The van der Waals surface area contributed by atoms with E-state index >= 15 is 0 Å². The minimum atomic E-state index is -0.243. The molecule has 2 N–H and O–H groups in total. The molecule has 2 aromatic rings. The van der Waals surface area contributed by atoms with Crippen LogP contribution in [0.4, 0.5) is 0 Å². The topological polar surface area (TPSA) is 48.2 Å². The van der Waals surface area contributed by atoms with E-state index in [-0.39, 0.29) is 5.29 Å². The normalized spacial score (nSPS) is 11.2. The number of amidine groups is 2. The summed E-state index contributed by atoms with van der Waals surface area (Å²) in [4.78, 5) is 4.01. The summed E-state index contributed by atoms with van der Waals surface area (Å²) in [5.41, 5.74) is 3.07. The molecule has 0 atom stereocenters. The highest BCUT2D eigenvalue weighted by molar-refractivity contribution is 6.64. The SMILES string of the molecule is CN/C(=N\C(=N)Cl)c1ccccc1-c1ccccc1. The number of benzene rings is 2. The fraction of sp³-hybridized carbons (Fsp3) is 0.0667. The number of halogens is 1. The molecule has 0 aliphatic heterocycles. The zero-order valence-electron chi connectivity index (χ0n) is 10.5. The van der Waals surface area contributed by atoms with E-state index in [1.165, 1.54) is 0 Å². The molecule has 0 heterocycles. The molecule has 0 aliphatic rings. The second-order valence-corrected chi connectivity index (χ2v) is 4.27. The Bertz CT molecular complexity index is 606. The number of rotatable bonds is 2. The van der Waals surface area contributed by atoms with Gasteiger partial charge in [-0.25, -0.2) is 4.99 Å². The van der Waals surface area contributed by atoms with Crippen LogP contribution in [0.2, 0.25) is 0 Å². The molecular weight excluding hydrogens is 258 g/mol. The lowest BCUT2D eigenvalue weighted by Gasteiger charge is -2.11. The monoisotopic (exact) mass is 271 g/mol. The van der Waals surface area contributed by atoms with Crippen LogP contribution in [0, 0.1) is 5.41 Å². The van der Waals surface area contributed by atoms with E-state index in [4.69, 9.17) is 17.0 Å². The van der Waals surface area contributed by atoms with Gasteiger partial charge in [0.2, 0.25) is 5.29 Å². The van der Waals surface area contributed by atoms with Crippen LogP contribution in [-0.2, 0) is 0 Å². The summed E-state index contributed by atoms with van der Waals surface area (Å²) in [5.74, 6) is 0.583. The molecule has 0 radical (unpaired) electrons. The van der Waals surface area contributed by atoms with Gasteiger partial charge in [0, 0.05) is 12.6 Å². The predicted molar refractivity (Wildman–Crippen MR) is 81.1 cm³/mol. The van der Waals surface area contributed by atoms with Gasteiger partial charge >= 0.3 is 0 Å². The van der Waals surface area contributed by atoms with Crippen molar-refractivity contribution < 1.29 is 0 Å². The van der Waals surface area contributed by atoms with E-state index in [1.54, 1.807) is 7.05 Å². The third-order valence-electron chi connectivity index (χ3n) is 2.71. The van der Waals surface area contributed by atoms with Gasteiger partial charge in [-0.15, -0.1) is 0 Å². The van der Waals surface area contributed by atoms with Crippen LogP contribution in [0.5, 0.6) is 0 Å². The van der Waals surface area contributed by atoms with Crippen molar-refractivity contribution in [3.63, 3.8) is 0 Å². The van der Waals surface area contributed by atoms with Crippen LogP contribution < -0.4 is 5.32 Å². The van der Waals surface area contributed by atoms with E-state index < -0.39 is 0 Å². The first-order chi connectivity index (χ1) is 9.22. The summed E-state index contributed by atoms with van der Waals surface area (Å²) in [6.45, 7) is 0. The minimum Gasteiger partial charge on any atom is -0.373 e. The van der Waals surface area contributed by atoms with Gasteiger partial charge in [0.15, 0.2) is 0 Å². The van der Waals surface area contributed by atoms with Gasteiger partial charge < -0.3 is 5.32 Å². The van der Waals surface area contributed by atoms with Gasteiger partial charge in [-0.2, -0.15) is 0 Å². The molecule has 0 fully saturated rings. The third-order valence-corrected chi connectivity index (χ3v) is 2.80. The molecule has 2 aromatic carbocycles. The van der Waals surface area contributed by atoms with Crippen molar-refractivity contribution in [3.8, 4) is 11.1 Å². The zero-order chi connectivity index (χ0) is 13.7. The largest absolute Gasteiger partial charge is 0.373 e. The van der Waals surface area contributed by atoms with E-state index in [2.05, 4.69) is 10.3 Å². The number of hydrogen-bond acceptors (Lipinski definition) is 1. The van der Waals surface area contributed by atoms with Gasteiger partial charge in [0.1, 0.15) is 5.84 Å². The molecule has 0 saturated carbocycles. The van der Waals surface area contributed by atoms with Crippen molar-refractivity contribution in [2.75, 3.05) is 7.05 Å². The fourth-order valence-corrected chi connectivity index (χ4v) is 1.99. The maximum Gasteiger partial charge on any atom is 0.216 e. The molecule has 0 amide bonds. The standard InChI is InChI=1S/C15H14ClN3/c1-18-14(19-15(16)17)13-10-6-5-9-12(13)11-7-3-2-4-8-11/h2-10H,1H3,(H2,17,18,19). The zero-order valence-corrected chi connectivity index (χ0v) is 11.3. The molecular formula is C15H14ClN3. The lowest BCUT2D eigenvalue weighted by atomic mass is 9.99. The number of hydrogen-bond donors (Lipinski definition) is 2. The first kappa shape index (κ1) is 13.3. The van der Waals surface area contributed by atoms with E-state index in [1.807, 2.05) is 54.6 Å². The second-order valence-electron chi connectivity index (χ2n) is 3.91. The molecule has 19 heavy (non-hydrogen) atoms. The molecule has 0 aromatic heterocycles. The summed E-state index contributed by atoms with van der Waals surface area (Å²) in [6, 6.07) is 17.9. The Kier molecular flexibility index (Phi) is 4.31. The lowest BCUT2D eigenvalue weighted by molar-refractivity contribution is 1.17. The van der Waals surface area contributed by atoms with Gasteiger partial charge in [-0.05, 0) is 22.7 Å². The third kappa shape index (κ3) is 3.20. The Balaban J connectivity index is 2.56. The second kappa shape index (κ2) is 6.16. The van der Waals surface area contributed by atoms with Gasteiger partial charge in [-0.1, -0.05) is 54.6 Å². The number of nitrogens with zero attached hydrogens (tertiary/aromatic N) is 1. The van der Waals surface area contributed by atoms with Crippen molar-refractivity contribution in [3.05, 3.63) is 60.2 Å². The minimum absolute atomic E-state index is 0.243. The highest BCUT2D eigenvalue weighted by atomic mass is 35.5.